The van der Waals surface area contributed by atoms with Crippen molar-refractivity contribution < 1.29 is 32.6 Å². The highest BCUT2D eigenvalue weighted by Crippen LogP contribution is 2.37. The zero-order valence-corrected chi connectivity index (χ0v) is 25.5. The minimum Gasteiger partial charge on any atom is -0.493 e. The van der Waals surface area contributed by atoms with E-state index >= 15 is 8.78 Å². The van der Waals surface area contributed by atoms with Crippen LogP contribution in [0.1, 0.15) is 46.2 Å². The molecule has 2 aliphatic heterocycles. The summed E-state index contributed by atoms with van der Waals surface area (Å²) < 4.78 is 48.4. The molecule has 2 aliphatic rings. The van der Waals surface area contributed by atoms with E-state index < -0.39 is 35.1 Å². The second kappa shape index (κ2) is 12.7. The number of methoxy groups -OCH3 is 1. The van der Waals surface area contributed by atoms with Crippen LogP contribution < -0.4 is 20.5 Å². The molecule has 0 spiro atoms. The van der Waals surface area contributed by atoms with E-state index in [0.29, 0.717) is 67.4 Å². The quantitative estimate of drug-likeness (QED) is 0.406. The van der Waals surface area contributed by atoms with Crippen LogP contribution in [0.3, 0.4) is 0 Å². The summed E-state index contributed by atoms with van der Waals surface area (Å²) in [7, 11) is 2.85. The molecule has 0 radical (unpaired) electrons. The Morgan fingerprint density at radius 1 is 1.18 bits per heavy atom. The number of halogens is 2. The lowest BCUT2D eigenvalue weighted by atomic mass is 9.91. The average Bonchev–Trinajstić information content (AvgIpc) is 3.01. The lowest BCUT2D eigenvalue weighted by Gasteiger charge is -2.33. The van der Waals surface area contributed by atoms with Crippen LogP contribution in [-0.2, 0) is 34.2 Å². The van der Waals surface area contributed by atoms with Gasteiger partial charge in [0.2, 0.25) is 0 Å². The van der Waals surface area contributed by atoms with Gasteiger partial charge in [0.05, 0.1) is 32.1 Å². The minimum absolute atomic E-state index is 0.0320. The second-order valence-corrected chi connectivity index (χ2v) is 11.2. The molecular formula is C32H36F2N4O6. The van der Waals surface area contributed by atoms with E-state index in [2.05, 4.69) is 10.3 Å². The van der Waals surface area contributed by atoms with Crippen molar-refractivity contribution in [3.63, 3.8) is 0 Å². The fourth-order valence-corrected chi connectivity index (χ4v) is 5.73. The molecule has 2 aromatic carbocycles. The maximum Gasteiger partial charge on any atom is 0.328 e. The number of hydrogen-bond donors (Lipinski definition) is 1. The number of rotatable bonds is 7. The molecule has 12 heteroatoms. The van der Waals surface area contributed by atoms with Gasteiger partial charge in [0, 0.05) is 43.5 Å². The Bertz CT molecular complexity index is 1650. The van der Waals surface area contributed by atoms with E-state index in [0.717, 1.165) is 23.4 Å². The molecule has 1 saturated heterocycles. The van der Waals surface area contributed by atoms with Crippen molar-refractivity contribution in [3.05, 3.63) is 74.3 Å². The summed E-state index contributed by atoms with van der Waals surface area (Å²) in [4.78, 5) is 45.5. The Morgan fingerprint density at radius 2 is 1.91 bits per heavy atom. The first-order chi connectivity index (χ1) is 21.0. The molecule has 44 heavy (non-hydrogen) atoms. The number of aryl methyl sites for hydroxylation is 1. The summed E-state index contributed by atoms with van der Waals surface area (Å²) in [5, 5.41) is 2.47. The number of nitrogens with one attached hydrogen (secondary N) is 1. The molecule has 0 saturated carbocycles. The number of carbonyl (C=O) groups is 2. The van der Waals surface area contributed by atoms with Gasteiger partial charge in [-0.05, 0) is 62.9 Å². The van der Waals surface area contributed by atoms with Gasteiger partial charge in [-0.1, -0.05) is 6.07 Å². The lowest BCUT2D eigenvalue weighted by Crippen LogP contribution is -2.44. The van der Waals surface area contributed by atoms with Gasteiger partial charge in [-0.25, -0.2) is 18.6 Å². The topological polar surface area (TPSA) is 112 Å². The van der Waals surface area contributed by atoms with Crippen molar-refractivity contribution in [1.82, 2.24) is 14.9 Å². The average molecular weight is 611 g/mol. The summed E-state index contributed by atoms with van der Waals surface area (Å²) >= 11 is 0. The van der Waals surface area contributed by atoms with Crippen molar-refractivity contribution in [3.8, 4) is 17.0 Å². The van der Waals surface area contributed by atoms with E-state index in [-0.39, 0.29) is 23.8 Å². The molecule has 3 heterocycles. The van der Waals surface area contributed by atoms with Crippen molar-refractivity contribution in [1.29, 1.82) is 0 Å². The Hall–Kier alpha value is -4.32. The lowest BCUT2D eigenvalue weighted by molar-refractivity contribution is -0.142. The van der Waals surface area contributed by atoms with Gasteiger partial charge in [0.15, 0.2) is 0 Å². The van der Waals surface area contributed by atoms with Crippen molar-refractivity contribution in [2.24, 2.45) is 7.05 Å². The summed E-state index contributed by atoms with van der Waals surface area (Å²) in [6.45, 7) is 7.28. The molecule has 1 N–H and O–H groups in total. The first-order valence-corrected chi connectivity index (χ1v) is 14.6. The van der Waals surface area contributed by atoms with Gasteiger partial charge in [-0.2, -0.15) is 0 Å². The third-order valence-electron chi connectivity index (χ3n) is 8.32. The van der Waals surface area contributed by atoms with E-state index in [1.807, 2.05) is 20.8 Å². The van der Waals surface area contributed by atoms with Gasteiger partial charge in [-0.3, -0.25) is 9.59 Å². The van der Waals surface area contributed by atoms with Crippen LogP contribution in [0.2, 0.25) is 0 Å². The van der Waals surface area contributed by atoms with Crippen molar-refractivity contribution in [2.75, 3.05) is 38.3 Å². The van der Waals surface area contributed by atoms with Crippen LogP contribution in [0, 0.1) is 25.5 Å². The van der Waals surface area contributed by atoms with Crippen LogP contribution in [0.5, 0.6) is 5.75 Å². The molecule has 1 aromatic heterocycles. The molecule has 234 valence electrons. The van der Waals surface area contributed by atoms with Crippen LogP contribution >= 0.6 is 0 Å². The highest BCUT2D eigenvalue weighted by atomic mass is 19.1. The van der Waals surface area contributed by atoms with Crippen LogP contribution in [0.15, 0.2) is 29.1 Å². The number of aromatic nitrogens is 2. The smallest absolute Gasteiger partial charge is 0.328 e. The monoisotopic (exact) mass is 610 g/mol. The minimum atomic E-state index is -1.25. The third kappa shape index (κ3) is 6.03. The predicted octanol–water partition coefficient (Wildman–Crippen LogP) is 3.41. The van der Waals surface area contributed by atoms with Crippen molar-refractivity contribution >= 4 is 17.6 Å². The number of morpholine rings is 1. The number of benzene rings is 2. The van der Waals surface area contributed by atoms with Gasteiger partial charge in [0.25, 0.3) is 11.5 Å². The largest absolute Gasteiger partial charge is 0.493 e. The molecule has 1 fully saturated rings. The Morgan fingerprint density at radius 3 is 2.59 bits per heavy atom. The number of hydrogen-bond acceptors (Lipinski definition) is 8. The molecule has 0 unspecified atom stereocenters. The SMILES string of the molecule is COC(=O)[C@H](Cc1ccc(-c2nc(C)c(C)n(C)c2=O)c2c1CCCO2)NC(=O)c1c(F)cc(N2CCO[C@@H](C)C2)cc1F. The molecule has 0 bridgehead atoms. The summed E-state index contributed by atoms with van der Waals surface area (Å²) in [5.41, 5.74) is 2.91. The fraction of sp³-hybridized carbons (Fsp3) is 0.438. The molecule has 0 aliphatic carbocycles. The van der Waals surface area contributed by atoms with Gasteiger partial charge >= 0.3 is 5.97 Å². The number of nitrogens with zero attached hydrogens (tertiary/aromatic N) is 3. The number of ether oxygens (including phenoxy) is 3. The zero-order valence-electron chi connectivity index (χ0n) is 25.5. The Labute approximate surface area is 253 Å². The molecule has 3 aromatic rings. The molecule has 5 rings (SSSR count). The first-order valence-electron chi connectivity index (χ1n) is 14.6. The molecule has 1 amide bonds. The highest BCUT2D eigenvalue weighted by molar-refractivity contribution is 5.97. The molecule has 10 nitrogen and oxygen atoms in total. The normalized spacial score (nSPS) is 17.0. The number of amides is 1. The first kappa shape index (κ1) is 31.1. The zero-order chi connectivity index (χ0) is 31.7. The Balaban J connectivity index is 1.44. The molecular weight excluding hydrogens is 574 g/mol. The summed E-state index contributed by atoms with van der Waals surface area (Å²) in [6.07, 6.45) is 1.15. The number of fused-ring (bicyclic) bond motifs is 1. The number of anilines is 1. The van der Waals surface area contributed by atoms with E-state index in [9.17, 15) is 14.4 Å². The molecule has 2 atom stereocenters. The predicted molar refractivity (Wildman–Crippen MR) is 159 cm³/mol. The summed E-state index contributed by atoms with van der Waals surface area (Å²) in [5.74, 6) is -3.46. The van der Waals surface area contributed by atoms with Crippen molar-refractivity contribution in [2.45, 2.75) is 52.2 Å². The van der Waals surface area contributed by atoms with E-state index in [4.69, 9.17) is 14.2 Å². The number of esters is 1. The maximum atomic E-state index is 15.2. The standard InChI is InChI=1S/C32H36F2N4O6/c1-17-16-38(10-12-43-17)21-14-24(33)27(25(34)15-21)30(39)36-26(32(41)42-5)13-20-8-9-23(29-22(20)7-6-11-44-29)28-31(40)37(4)19(3)18(2)35-28/h8-9,14-15,17,26H,6-7,10-13,16H2,1-5H3,(H,36,39)/t17-,26-/m0/s1. The number of carbonyl (C=O) groups excluding carboxylic acids is 2. The second-order valence-electron chi connectivity index (χ2n) is 11.2. The van der Waals surface area contributed by atoms with E-state index in [1.165, 1.54) is 11.7 Å². The third-order valence-corrected chi connectivity index (χ3v) is 8.32. The van der Waals surface area contributed by atoms with Gasteiger partial charge in [0.1, 0.15) is 34.7 Å². The fourth-order valence-electron chi connectivity index (χ4n) is 5.73. The van der Waals surface area contributed by atoms with E-state index in [1.54, 1.807) is 24.1 Å². The maximum absolute atomic E-state index is 15.2. The van der Waals surface area contributed by atoms with Crippen LogP contribution in [0.4, 0.5) is 14.5 Å². The van der Waals surface area contributed by atoms with Crippen LogP contribution in [-0.4, -0.2) is 67.0 Å². The van der Waals surface area contributed by atoms with Gasteiger partial charge in [-0.15, -0.1) is 0 Å². The Kier molecular flexibility index (Phi) is 9.00. The van der Waals surface area contributed by atoms with Gasteiger partial charge < -0.3 is 29.0 Å². The van der Waals surface area contributed by atoms with Crippen LogP contribution in [0.25, 0.3) is 11.3 Å². The highest BCUT2D eigenvalue weighted by Gasteiger charge is 2.30. The summed E-state index contributed by atoms with van der Waals surface area (Å²) in [6, 6.07) is 4.43.